The quantitative estimate of drug-likeness (QED) is 0.388. The minimum absolute atomic E-state index is 0.364. The second kappa shape index (κ2) is 12.9. The van der Waals surface area contributed by atoms with E-state index in [0.29, 0.717) is 5.75 Å². The van der Waals surface area contributed by atoms with E-state index in [0.717, 1.165) is 6.42 Å². The lowest BCUT2D eigenvalue weighted by atomic mass is 10.0. The van der Waals surface area contributed by atoms with Gasteiger partial charge in [-0.1, -0.05) is 57.6 Å². The Labute approximate surface area is 123 Å². The summed E-state index contributed by atoms with van der Waals surface area (Å²) in [6, 6.07) is 7.59. The molecule has 1 aromatic rings. The van der Waals surface area contributed by atoms with Crippen LogP contribution in [0.15, 0.2) is 24.3 Å². The largest absolute Gasteiger partial charge is 0.508 e. The van der Waals surface area contributed by atoms with Crippen LogP contribution in [0.25, 0.3) is 0 Å². The van der Waals surface area contributed by atoms with Crippen molar-refractivity contribution < 1.29 is 18.1 Å². The molecule has 116 valence electrons. The highest BCUT2D eigenvalue weighted by Crippen LogP contribution is 2.13. The number of hydrogen-bond donors (Lipinski definition) is 3. The molecule has 0 spiro atoms. The first-order chi connectivity index (χ1) is 9.56. The molecule has 0 aliphatic heterocycles. The van der Waals surface area contributed by atoms with Crippen LogP contribution >= 0.6 is 0 Å². The summed E-state index contributed by atoms with van der Waals surface area (Å²) in [6.07, 6.45) is 10.6. The van der Waals surface area contributed by atoms with Crippen molar-refractivity contribution in [2.75, 3.05) is 0 Å². The van der Waals surface area contributed by atoms with Crippen molar-refractivity contribution in [2.24, 2.45) is 0 Å². The van der Waals surface area contributed by atoms with Crippen LogP contribution in [-0.4, -0.2) is 18.1 Å². The fraction of sp³-hybridized carbons (Fsp3) is 0.600. The summed E-state index contributed by atoms with van der Waals surface area (Å²) in [5.74, 6) is 0.364. The fourth-order valence-corrected chi connectivity index (χ4v) is 1.95. The molecular formula is C15H26O4S. The first-order valence-electron chi connectivity index (χ1n) is 7.17. The van der Waals surface area contributed by atoms with Gasteiger partial charge in [-0.3, -0.25) is 4.55 Å². The molecule has 1 aromatic carbocycles. The summed E-state index contributed by atoms with van der Waals surface area (Å²) >= 11 is 0. The monoisotopic (exact) mass is 302 g/mol. The maximum absolute atomic E-state index is 9.15. The van der Waals surface area contributed by atoms with Crippen molar-refractivity contribution in [3.05, 3.63) is 29.8 Å². The normalized spacial score (nSPS) is 10.2. The molecule has 0 aliphatic rings. The van der Waals surface area contributed by atoms with E-state index in [2.05, 4.69) is 6.92 Å². The molecule has 0 saturated carbocycles. The molecule has 0 atom stereocenters. The zero-order valence-electron chi connectivity index (χ0n) is 12.1. The number of aromatic hydroxyl groups is 1. The third-order valence-electron chi connectivity index (χ3n) is 3.01. The van der Waals surface area contributed by atoms with Gasteiger partial charge in [-0.2, -0.15) is 0 Å². The summed E-state index contributed by atoms with van der Waals surface area (Å²) in [4.78, 5) is 0. The fourth-order valence-electron chi connectivity index (χ4n) is 1.95. The maximum Gasteiger partial charge on any atom is 0.254 e. The van der Waals surface area contributed by atoms with Gasteiger partial charge in [0.25, 0.3) is 11.0 Å². The number of unbranched alkanes of at least 4 members (excludes halogenated alkanes) is 6. The van der Waals surface area contributed by atoms with Gasteiger partial charge in [-0.25, -0.2) is 8.42 Å². The summed E-state index contributed by atoms with van der Waals surface area (Å²) in [7, 11) is -3.12. The van der Waals surface area contributed by atoms with Gasteiger partial charge in [0.2, 0.25) is 0 Å². The molecule has 20 heavy (non-hydrogen) atoms. The van der Waals surface area contributed by atoms with Crippen LogP contribution in [0.5, 0.6) is 5.75 Å². The van der Waals surface area contributed by atoms with Crippen LogP contribution in [0, 0.1) is 0 Å². The van der Waals surface area contributed by atoms with Crippen LogP contribution in [0.3, 0.4) is 0 Å². The summed E-state index contributed by atoms with van der Waals surface area (Å²) < 4.78 is 24.2. The molecule has 1 rings (SSSR count). The van der Waals surface area contributed by atoms with E-state index in [4.69, 9.17) is 18.1 Å². The van der Waals surface area contributed by atoms with E-state index in [9.17, 15) is 0 Å². The lowest BCUT2D eigenvalue weighted by Gasteiger charge is -2.02. The number of benzene rings is 1. The number of rotatable bonds is 8. The van der Waals surface area contributed by atoms with Crippen molar-refractivity contribution in [3.8, 4) is 5.75 Å². The zero-order valence-corrected chi connectivity index (χ0v) is 13.0. The molecule has 0 fully saturated rings. The molecule has 0 unspecified atom stereocenters. The van der Waals surface area contributed by atoms with E-state index >= 15 is 0 Å². The standard InChI is InChI=1S/C15H24O.H2O3S/c1-2-3-4-5-6-7-8-9-14-10-12-15(16)13-11-14;1-4(2)3/h10-13,16H,2-9H2,1H3;4H,(H,1,2,3). The lowest BCUT2D eigenvalue weighted by molar-refractivity contribution is 0.475. The third-order valence-corrected chi connectivity index (χ3v) is 3.01. The molecule has 0 bridgehead atoms. The minimum atomic E-state index is -3.12. The molecular weight excluding hydrogens is 276 g/mol. The molecule has 0 amide bonds. The number of phenolic OH excluding ortho intramolecular Hbond substituents is 1. The van der Waals surface area contributed by atoms with Crippen molar-refractivity contribution in [1.29, 1.82) is 0 Å². The van der Waals surface area contributed by atoms with Crippen molar-refractivity contribution in [3.63, 3.8) is 0 Å². The van der Waals surface area contributed by atoms with Crippen LogP contribution in [0.1, 0.15) is 57.4 Å². The average Bonchev–Trinajstić information content (AvgIpc) is 2.39. The Hall–Kier alpha value is -1.07. The Bertz CT molecular complexity index is 391. The predicted octanol–water partition coefficient (Wildman–Crippen LogP) is 3.76. The van der Waals surface area contributed by atoms with Gasteiger partial charge in [0.05, 0.1) is 0 Å². The van der Waals surface area contributed by atoms with Gasteiger partial charge in [-0.15, -0.1) is 0 Å². The Morgan fingerprint density at radius 1 is 0.900 bits per heavy atom. The van der Waals surface area contributed by atoms with Crippen LogP contribution in [0.2, 0.25) is 0 Å². The third kappa shape index (κ3) is 13.4. The summed E-state index contributed by atoms with van der Waals surface area (Å²) in [5.41, 5.74) is 1.34. The van der Waals surface area contributed by atoms with E-state index in [1.165, 1.54) is 50.5 Å². The van der Waals surface area contributed by atoms with E-state index in [-0.39, 0.29) is 0 Å². The Kier molecular flexibility index (Phi) is 12.2. The molecule has 4 nitrogen and oxygen atoms in total. The van der Waals surface area contributed by atoms with Gasteiger partial charge in [0.1, 0.15) is 5.75 Å². The van der Waals surface area contributed by atoms with Crippen molar-refractivity contribution in [1.82, 2.24) is 0 Å². The van der Waals surface area contributed by atoms with E-state index in [1.807, 2.05) is 12.1 Å². The molecule has 0 aliphatic carbocycles. The Morgan fingerprint density at radius 3 is 1.85 bits per heavy atom. The number of aryl methyl sites for hydroxylation is 1. The summed E-state index contributed by atoms with van der Waals surface area (Å²) in [5, 5.41) is 9.15. The average molecular weight is 302 g/mol. The van der Waals surface area contributed by atoms with Crippen LogP contribution in [0.4, 0.5) is 0 Å². The predicted molar refractivity (Wildman–Crippen MR) is 82.7 cm³/mol. The maximum atomic E-state index is 9.15. The molecule has 0 saturated heterocycles. The van der Waals surface area contributed by atoms with Crippen molar-refractivity contribution >= 4 is 11.0 Å². The molecule has 0 radical (unpaired) electrons. The van der Waals surface area contributed by atoms with Gasteiger partial charge < -0.3 is 5.11 Å². The highest BCUT2D eigenvalue weighted by molar-refractivity contribution is 7.66. The molecule has 5 heteroatoms. The van der Waals surface area contributed by atoms with Gasteiger partial charge >= 0.3 is 0 Å². The molecule has 2 N–H and O–H groups in total. The minimum Gasteiger partial charge on any atom is -0.508 e. The molecule has 0 aromatic heterocycles. The highest BCUT2D eigenvalue weighted by Gasteiger charge is 1.94. The van der Waals surface area contributed by atoms with Gasteiger partial charge in [0.15, 0.2) is 0 Å². The van der Waals surface area contributed by atoms with Crippen molar-refractivity contribution in [2.45, 2.75) is 58.3 Å². The van der Waals surface area contributed by atoms with E-state index in [1.54, 1.807) is 12.1 Å². The number of phenols is 1. The first kappa shape index (κ1) is 18.9. The smallest absolute Gasteiger partial charge is 0.254 e. The van der Waals surface area contributed by atoms with Gasteiger partial charge in [-0.05, 0) is 30.5 Å². The number of thiol groups is 1. The topological polar surface area (TPSA) is 74.6 Å². The first-order valence-corrected chi connectivity index (χ1v) is 8.30. The Morgan fingerprint density at radius 2 is 1.35 bits per heavy atom. The second-order valence-corrected chi connectivity index (χ2v) is 5.25. The lowest BCUT2D eigenvalue weighted by Crippen LogP contribution is -1.85. The second-order valence-electron chi connectivity index (χ2n) is 4.78. The number of hydrogen-bond acceptors (Lipinski definition) is 3. The van der Waals surface area contributed by atoms with E-state index < -0.39 is 11.0 Å². The van der Waals surface area contributed by atoms with Gasteiger partial charge in [0, 0.05) is 0 Å². The van der Waals surface area contributed by atoms with Crippen LogP contribution < -0.4 is 0 Å². The zero-order chi connectivity index (χ0) is 15.2. The van der Waals surface area contributed by atoms with Crippen LogP contribution in [-0.2, 0) is 17.4 Å². The molecule has 0 heterocycles. The highest BCUT2D eigenvalue weighted by atomic mass is 32.2. The SMILES string of the molecule is CCCCCCCCCc1ccc(O)cc1.O=[SH](=O)O. The Balaban J connectivity index is 0.000000796. The summed E-state index contributed by atoms with van der Waals surface area (Å²) in [6.45, 7) is 2.25.